The zero-order valence-corrected chi connectivity index (χ0v) is 25.1. The number of hydrogen-bond donors (Lipinski definition) is 1. The summed E-state index contributed by atoms with van der Waals surface area (Å²) in [7, 11) is -2.57. The number of sulfonamides is 1. The standard InChI is InChI=1S/C31H39N3O5S/c1-21(2)32-31(36)25(6)33(19-26-11-9-12-27(18-26)39-7)30(35)20-34(29-13-8-10-23(4)24(29)5)40(37,38)28-16-14-22(3)15-17-28/h8-18,21,25H,19-20H2,1-7H3,(H,32,36)/t25-/m1/s1. The molecule has 0 saturated heterocycles. The van der Waals surface area contributed by atoms with Crippen LogP contribution in [0.15, 0.2) is 71.6 Å². The second-order valence-electron chi connectivity index (χ2n) is 10.3. The number of amides is 2. The summed E-state index contributed by atoms with van der Waals surface area (Å²) in [6, 6.07) is 18.1. The molecule has 0 aliphatic carbocycles. The predicted octanol–water partition coefficient (Wildman–Crippen LogP) is 4.76. The number of anilines is 1. The third-order valence-electron chi connectivity index (χ3n) is 6.82. The molecule has 0 saturated carbocycles. The number of rotatable bonds is 11. The van der Waals surface area contributed by atoms with E-state index in [0.29, 0.717) is 11.4 Å². The molecule has 40 heavy (non-hydrogen) atoms. The van der Waals surface area contributed by atoms with Gasteiger partial charge in [-0.2, -0.15) is 0 Å². The van der Waals surface area contributed by atoms with E-state index in [0.717, 1.165) is 26.6 Å². The Morgan fingerprint density at radius 2 is 1.57 bits per heavy atom. The van der Waals surface area contributed by atoms with Crippen LogP contribution < -0.4 is 14.4 Å². The Morgan fingerprint density at radius 3 is 2.20 bits per heavy atom. The monoisotopic (exact) mass is 565 g/mol. The molecule has 3 rings (SSSR count). The minimum absolute atomic E-state index is 0.0803. The van der Waals surface area contributed by atoms with Gasteiger partial charge in [-0.05, 0) is 88.6 Å². The van der Waals surface area contributed by atoms with Crippen LogP contribution in [0.4, 0.5) is 5.69 Å². The number of carbonyl (C=O) groups is 2. The van der Waals surface area contributed by atoms with Gasteiger partial charge in [-0.15, -0.1) is 0 Å². The lowest BCUT2D eigenvalue weighted by Gasteiger charge is -2.33. The molecule has 214 valence electrons. The van der Waals surface area contributed by atoms with Crippen molar-refractivity contribution in [3.8, 4) is 5.75 Å². The molecule has 9 heteroatoms. The summed E-state index contributed by atoms with van der Waals surface area (Å²) in [5, 5.41) is 2.86. The van der Waals surface area contributed by atoms with E-state index in [1.807, 2.05) is 46.8 Å². The molecular weight excluding hydrogens is 526 g/mol. The predicted molar refractivity (Wildman–Crippen MR) is 158 cm³/mol. The molecule has 1 atom stereocenters. The molecular formula is C31H39N3O5S. The molecule has 0 radical (unpaired) electrons. The summed E-state index contributed by atoms with van der Waals surface area (Å²) in [5.74, 6) is -0.222. The largest absolute Gasteiger partial charge is 0.497 e. The maximum atomic E-state index is 14.1. The number of benzene rings is 3. The van der Waals surface area contributed by atoms with Crippen molar-refractivity contribution in [1.29, 1.82) is 0 Å². The molecule has 3 aromatic carbocycles. The minimum atomic E-state index is -4.12. The van der Waals surface area contributed by atoms with Crippen LogP contribution in [0.1, 0.15) is 43.0 Å². The van der Waals surface area contributed by atoms with Gasteiger partial charge in [0.15, 0.2) is 0 Å². The van der Waals surface area contributed by atoms with Gasteiger partial charge in [0.25, 0.3) is 10.0 Å². The average Bonchev–Trinajstić information content (AvgIpc) is 2.91. The van der Waals surface area contributed by atoms with Crippen molar-refractivity contribution in [2.75, 3.05) is 18.0 Å². The molecule has 0 fully saturated rings. The number of ether oxygens (including phenoxy) is 1. The third kappa shape index (κ3) is 7.21. The highest BCUT2D eigenvalue weighted by atomic mass is 32.2. The molecule has 0 heterocycles. The van der Waals surface area contributed by atoms with Gasteiger partial charge in [0.2, 0.25) is 11.8 Å². The fraction of sp³-hybridized carbons (Fsp3) is 0.355. The summed E-state index contributed by atoms with van der Waals surface area (Å²) >= 11 is 0. The molecule has 0 bridgehead atoms. The summed E-state index contributed by atoms with van der Waals surface area (Å²) in [4.78, 5) is 28.6. The smallest absolute Gasteiger partial charge is 0.264 e. The van der Waals surface area contributed by atoms with E-state index in [9.17, 15) is 18.0 Å². The van der Waals surface area contributed by atoms with E-state index in [4.69, 9.17) is 4.74 Å². The topological polar surface area (TPSA) is 96.0 Å². The van der Waals surface area contributed by atoms with Gasteiger partial charge in [0.1, 0.15) is 18.3 Å². The fourth-order valence-electron chi connectivity index (χ4n) is 4.31. The first-order valence-electron chi connectivity index (χ1n) is 13.2. The second kappa shape index (κ2) is 13.0. The van der Waals surface area contributed by atoms with Gasteiger partial charge in [0, 0.05) is 12.6 Å². The highest BCUT2D eigenvalue weighted by Crippen LogP contribution is 2.29. The maximum absolute atomic E-state index is 14.1. The van der Waals surface area contributed by atoms with Crippen molar-refractivity contribution in [3.05, 3.63) is 89.0 Å². The number of nitrogens with zero attached hydrogens (tertiary/aromatic N) is 2. The fourth-order valence-corrected chi connectivity index (χ4v) is 5.78. The Bertz CT molecular complexity index is 1450. The summed E-state index contributed by atoms with van der Waals surface area (Å²) in [5.41, 5.74) is 3.72. The first-order chi connectivity index (χ1) is 18.8. The number of carbonyl (C=O) groups excluding carboxylic acids is 2. The van der Waals surface area contributed by atoms with Gasteiger partial charge in [0.05, 0.1) is 17.7 Å². The third-order valence-corrected chi connectivity index (χ3v) is 8.59. The van der Waals surface area contributed by atoms with Gasteiger partial charge in [-0.3, -0.25) is 13.9 Å². The van der Waals surface area contributed by atoms with Crippen molar-refractivity contribution in [3.63, 3.8) is 0 Å². The quantitative estimate of drug-likeness (QED) is 0.362. The highest BCUT2D eigenvalue weighted by Gasteiger charge is 2.33. The lowest BCUT2D eigenvalue weighted by molar-refractivity contribution is -0.139. The van der Waals surface area contributed by atoms with Crippen LogP contribution in [0, 0.1) is 20.8 Å². The first-order valence-corrected chi connectivity index (χ1v) is 14.7. The molecule has 0 aromatic heterocycles. The van der Waals surface area contributed by atoms with E-state index >= 15 is 0 Å². The van der Waals surface area contributed by atoms with Gasteiger partial charge in [-0.1, -0.05) is 42.0 Å². The lowest BCUT2D eigenvalue weighted by atomic mass is 10.1. The van der Waals surface area contributed by atoms with E-state index in [-0.39, 0.29) is 23.4 Å². The highest BCUT2D eigenvalue weighted by molar-refractivity contribution is 7.92. The van der Waals surface area contributed by atoms with E-state index < -0.39 is 28.5 Å². The molecule has 0 unspecified atom stereocenters. The molecule has 2 amide bonds. The van der Waals surface area contributed by atoms with E-state index in [2.05, 4.69) is 5.32 Å². The lowest BCUT2D eigenvalue weighted by Crippen LogP contribution is -2.52. The van der Waals surface area contributed by atoms with Crippen LogP contribution in [0.3, 0.4) is 0 Å². The molecule has 1 N–H and O–H groups in total. The van der Waals surface area contributed by atoms with Crippen molar-refractivity contribution < 1.29 is 22.7 Å². The van der Waals surface area contributed by atoms with Gasteiger partial charge < -0.3 is 15.0 Å². The van der Waals surface area contributed by atoms with E-state index in [1.165, 1.54) is 4.90 Å². The van der Waals surface area contributed by atoms with E-state index in [1.54, 1.807) is 68.6 Å². The number of hydrogen-bond acceptors (Lipinski definition) is 5. The SMILES string of the molecule is COc1cccc(CN(C(=O)CN(c2cccc(C)c2C)S(=O)(=O)c2ccc(C)cc2)[C@H](C)C(=O)NC(C)C)c1. The normalized spacial score (nSPS) is 12.1. The van der Waals surface area contributed by atoms with Crippen LogP contribution in [0.25, 0.3) is 0 Å². The van der Waals surface area contributed by atoms with Gasteiger partial charge >= 0.3 is 0 Å². The Morgan fingerprint density at radius 1 is 0.925 bits per heavy atom. The Kier molecular flexibility index (Phi) is 9.98. The van der Waals surface area contributed by atoms with Crippen LogP contribution in [-0.4, -0.2) is 50.9 Å². The minimum Gasteiger partial charge on any atom is -0.497 e. The second-order valence-corrected chi connectivity index (χ2v) is 12.1. The van der Waals surface area contributed by atoms with Crippen LogP contribution >= 0.6 is 0 Å². The maximum Gasteiger partial charge on any atom is 0.264 e. The molecule has 3 aromatic rings. The number of aryl methyl sites for hydroxylation is 2. The molecule has 0 spiro atoms. The van der Waals surface area contributed by atoms with Crippen LogP contribution in [0.5, 0.6) is 5.75 Å². The molecule has 0 aliphatic rings. The van der Waals surface area contributed by atoms with Crippen molar-refractivity contribution in [2.45, 2.75) is 65.1 Å². The first kappa shape index (κ1) is 30.7. The van der Waals surface area contributed by atoms with Crippen LogP contribution in [-0.2, 0) is 26.2 Å². The molecule has 8 nitrogen and oxygen atoms in total. The Balaban J connectivity index is 2.08. The van der Waals surface area contributed by atoms with Crippen LogP contribution in [0.2, 0.25) is 0 Å². The number of nitrogens with one attached hydrogen (secondary N) is 1. The van der Waals surface area contributed by atoms with Crippen molar-refractivity contribution >= 4 is 27.5 Å². The van der Waals surface area contributed by atoms with Crippen molar-refractivity contribution in [2.24, 2.45) is 0 Å². The summed E-state index contributed by atoms with van der Waals surface area (Å²) < 4.78 is 34.5. The molecule has 0 aliphatic heterocycles. The summed E-state index contributed by atoms with van der Waals surface area (Å²) in [6.45, 7) is 10.5. The number of methoxy groups -OCH3 is 1. The Labute approximate surface area is 238 Å². The van der Waals surface area contributed by atoms with Gasteiger partial charge in [-0.25, -0.2) is 8.42 Å². The zero-order chi connectivity index (χ0) is 29.6. The summed E-state index contributed by atoms with van der Waals surface area (Å²) in [6.07, 6.45) is 0. The average molecular weight is 566 g/mol. The van der Waals surface area contributed by atoms with Crippen molar-refractivity contribution in [1.82, 2.24) is 10.2 Å². The zero-order valence-electron chi connectivity index (χ0n) is 24.3. The Hall–Kier alpha value is -3.85.